The summed E-state index contributed by atoms with van der Waals surface area (Å²) in [5.41, 5.74) is -0.0278. The molecule has 0 aliphatic rings. The summed E-state index contributed by atoms with van der Waals surface area (Å²) in [4.78, 5) is 24.2. The molecule has 0 radical (unpaired) electrons. The zero-order valence-corrected chi connectivity index (χ0v) is 14.1. The molecule has 2 N–H and O–H groups in total. The first-order valence-corrected chi connectivity index (χ1v) is 7.46. The molecule has 1 rings (SSSR count). The van der Waals surface area contributed by atoms with E-state index in [0.29, 0.717) is 13.0 Å². The second-order valence-corrected chi connectivity index (χ2v) is 6.22. The molecule has 1 atom stereocenters. The van der Waals surface area contributed by atoms with Gasteiger partial charge in [0.2, 0.25) is 0 Å². The number of hydrogen-bond donors (Lipinski definition) is 2. The standard InChI is InChI=1S/C17H25NO5/c1-17(2,16(21)22)14(18(3)10-9-15(19)20)11-12-5-7-13(23-4)8-6-12/h5-8,14H,9-11H2,1-4H3,(H,19,20)(H,21,22). The summed E-state index contributed by atoms with van der Waals surface area (Å²) in [6.45, 7) is 3.63. The monoisotopic (exact) mass is 323 g/mol. The first-order chi connectivity index (χ1) is 10.7. The number of nitrogens with zero attached hydrogens (tertiary/aromatic N) is 1. The number of carboxylic acids is 2. The van der Waals surface area contributed by atoms with Crippen LogP contribution in [0.5, 0.6) is 5.75 Å². The van der Waals surface area contributed by atoms with Crippen LogP contribution >= 0.6 is 0 Å². The van der Waals surface area contributed by atoms with Gasteiger partial charge in [-0.25, -0.2) is 0 Å². The van der Waals surface area contributed by atoms with Crippen LogP contribution in [-0.4, -0.2) is 53.8 Å². The van der Waals surface area contributed by atoms with Crippen molar-refractivity contribution in [1.82, 2.24) is 4.90 Å². The van der Waals surface area contributed by atoms with Crippen molar-refractivity contribution in [3.05, 3.63) is 29.8 Å². The van der Waals surface area contributed by atoms with E-state index in [0.717, 1.165) is 11.3 Å². The third-order valence-electron chi connectivity index (χ3n) is 4.18. The number of aliphatic carboxylic acids is 2. The lowest BCUT2D eigenvalue weighted by Gasteiger charge is -2.37. The van der Waals surface area contributed by atoms with Crippen LogP contribution in [0, 0.1) is 5.41 Å². The van der Waals surface area contributed by atoms with Gasteiger partial charge in [0, 0.05) is 12.6 Å². The lowest BCUT2D eigenvalue weighted by atomic mass is 9.80. The molecular formula is C17H25NO5. The Kier molecular flexibility index (Phi) is 6.57. The smallest absolute Gasteiger partial charge is 0.310 e. The Bertz CT molecular complexity index is 538. The van der Waals surface area contributed by atoms with Gasteiger partial charge in [-0.2, -0.15) is 0 Å². The van der Waals surface area contributed by atoms with Crippen molar-refractivity contribution in [1.29, 1.82) is 0 Å². The molecule has 0 saturated heterocycles. The van der Waals surface area contributed by atoms with E-state index in [9.17, 15) is 14.7 Å². The Balaban J connectivity index is 2.98. The van der Waals surface area contributed by atoms with Crippen LogP contribution in [0.25, 0.3) is 0 Å². The number of ether oxygens (including phenoxy) is 1. The minimum Gasteiger partial charge on any atom is -0.497 e. The Morgan fingerprint density at radius 2 is 1.78 bits per heavy atom. The second-order valence-electron chi connectivity index (χ2n) is 6.22. The van der Waals surface area contributed by atoms with E-state index in [-0.39, 0.29) is 12.5 Å². The Morgan fingerprint density at radius 1 is 1.22 bits per heavy atom. The van der Waals surface area contributed by atoms with Crippen LogP contribution in [-0.2, 0) is 16.0 Å². The maximum atomic E-state index is 11.6. The van der Waals surface area contributed by atoms with Crippen molar-refractivity contribution in [3.63, 3.8) is 0 Å². The van der Waals surface area contributed by atoms with E-state index in [2.05, 4.69) is 0 Å². The average molecular weight is 323 g/mol. The van der Waals surface area contributed by atoms with Crippen molar-refractivity contribution in [2.75, 3.05) is 20.7 Å². The molecule has 6 nitrogen and oxygen atoms in total. The molecule has 0 aliphatic heterocycles. The molecule has 1 aromatic carbocycles. The zero-order valence-electron chi connectivity index (χ0n) is 14.1. The number of carbonyl (C=O) groups is 2. The Labute approximate surface area is 136 Å². The molecule has 23 heavy (non-hydrogen) atoms. The summed E-state index contributed by atoms with van der Waals surface area (Å²) >= 11 is 0. The molecule has 1 aromatic rings. The van der Waals surface area contributed by atoms with Gasteiger partial charge in [-0.3, -0.25) is 9.59 Å². The van der Waals surface area contributed by atoms with E-state index >= 15 is 0 Å². The van der Waals surface area contributed by atoms with Crippen LogP contribution < -0.4 is 4.74 Å². The Hall–Kier alpha value is -2.08. The predicted molar refractivity (Wildman–Crippen MR) is 86.8 cm³/mol. The van der Waals surface area contributed by atoms with Crippen LogP contribution in [0.2, 0.25) is 0 Å². The van der Waals surface area contributed by atoms with E-state index in [1.54, 1.807) is 28.0 Å². The molecule has 0 amide bonds. The molecular weight excluding hydrogens is 298 g/mol. The van der Waals surface area contributed by atoms with Gasteiger partial charge in [-0.1, -0.05) is 12.1 Å². The van der Waals surface area contributed by atoms with Gasteiger partial charge in [-0.05, 0) is 45.0 Å². The maximum Gasteiger partial charge on any atom is 0.310 e. The summed E-state index contributed by atoms with van der Waals surface area (Å²) in [7, 11) is 3.35. The van der Waals surface area contributed by atoms with Crippen molar-refractivity contribution >= 4 is 11.9 Å². The number of benzene rings is 1. The third-order valence-corrected chi connectivity index (χ3v) is 4.18. The first-order valence-electron chi connectivity index (χ1n) is 7.46. The fourth-order valence-electron chi connectivity index (χ4n) is 2.52. The molecule has 0 fully saturated rings. The summed E-state index contributed by atoms with van der Waals surface area (Å²) in [5.74, 6) is -1.06. The number of hydrogen-bond acceptors (Lipinski definition) is 4. The maximum absolute atomic E-state index is 11.6. The van der Waals surface area contributed by atoms with E-state index in [1.807, 2.05) is 29.2 Å². The molecule has 6 heteroatoms. The van der Waals surface area contributed by atoms with Gasteiger partial charge in [0.1, 0.15) is 5.75 Å². The fourth-order valence-corrected chi connectivity index (χ4v) is 2.52. The quantitative estimate of drug-likeness (QED) is 0.724. The molecule has 0 spiro atoms. The second kappa shape index (κ2) is 7.97. The lowest BCUT2D eigenvalue weighted by Crippen LogP contribution is -2.49. The molecule has 0 aliphatic carbocycles. The van der Waals surface area contributed by atoms with Crippen LogP contribution in [0.1, 0.15) is 25.8 Å². The highest BCUT2D eigenvalue weighted by Gasteiger charge is 2.39. The molecule has 128 valence electrons. The van der Waals surface area contributed by atoms with Crippen molar-refractivity contribution in [2.24, 2.45) is 5.41 Å². The summed E-state index contributed by atoms with van der Waals surface area (Å²) in [5, 5.41) is 18.4. The van der Waals surface area contributed by atoms with Gasteiger partial charge in [0.15, 0.2) is 0 Å². The number of methoxy groups -OCH3 is 1. The van der Waals surface area contributed by atoms with Gasteiger partial charge in [0.05, 0.1) is 18.9 Å². The van der Waals surface area contributed by atoms with Crippen molar-refractivity contribution < 1.29 is 24.5 Å². The first kappa shape index (κ1) is 19.0. The average Bonchev–Trinajstić information content (AvgIpc) is 2.50. The highest BCUT2D eigenvalue weighted by molar-refractivity contribution is 5.74. The lowest BCUT2D eigenvalue weighted by molar-refractivity contribution is -0.150. The van der Waals surface area contributed by atoms with E-state index in [4.69, 9.17) is 9.84 Å². The topological polar surface area (TPSA) is 87.1 Å². The summed E-state index contributed by atoms with van der Waals surface area (Å²) in [6.07, 6.45) is 0.491. The van der Waals surface area contributed by atoms with Crippen molar-refractivity contribution in [3.8, 4) is 5.75 Å². The predicted octanol–water partition coefficient (Wildman–Crippen LogP) is 2.12. The highest BCUT2D eigenvalue weighted by Crippen LogP contribution is 2.28. The molecule has 0 heterocycles. The highest BCUT2D eigenvalue weighted by atomic mass is 16.5. The summed E-state index contributed by atoms with van der Waals surface area (Å²) < 4.78 is 5.12. The van der Waals surface area contributed by atoms with Crippen molar-refractivity contribution in [2.45, 2.75) is 32.7 Å². The third kappa shape index (κ3) is 5.25. The van der Waals surface area contributed by atoms with Gasteiger partial charge in [-0.15, -0.1) is 0 Å². The number of carboxylic acid groups (broad SMARTS) is 2. The molecule has 0 aromatic heterocycles. The normalized spacial score (nSPS) is 12.9. The minimum absolute atomic E-state index is 0.0225. The number of rotatable bonds is 9. The largest absolute Gasteiger partial charge is 0.497 e. The zero-order chi connectivity index (χ0) is 17.6. The molecule has 0 saturated carbocycles. The van der Waals surface area contributed by atoms with E-state index < -0.39 is 17.4 Å². The molecule has 0 bridgehead atoms. The van der Waals surface area contributed by atoms with Crippen LogP contribution in [0.15, 0.2) is 24.3 Å². The van der Waals surface area contributed by atoms with Gasteiger partial charge >= 0.3 is 11.9 Å². The SMILES string of the molecule is COc1ccc(CC(N(C)CCC(=O)O)C(C)(C)C(=O)O)cc1. The minimum atomic E-state index is -1.01. The van der Waals surface area contributed by atoms with Crippen LogP contribution in [0.3, 0.4) is 0 Å². The van der Waals surface area contributed by atoms with Gasteiger partial charge < -0.3 is 19.8 Å². The van der Waals surface area contributed by atoms with E-state index in [1.165, 1.54) is 0 Å². The Morgan fingerprint density at radius 3 is 2.22 bits per heavy atom. The van der Waals surface area contributed by atoms with Crippen LogP contribution in [0.4, 0.5) is 0 Å². The number of likely N-dealkylation sites (N-methyl/N-ethyl adjacent to an activating group) is 1. The fraction of sp³-hybridized carbons (Fsp3) is 0.529. The van der Waals surface area contributed by atoms with Gasteiger partial charge in [0.25, 0.3) is 0 Å². The molecule has 1 unspecified atom stereocenters. The summed E-state index contributed by atoms with van der Waals surface area (Å²) in [6, 6.07) is 7.13.